The molecule has 150 valence electrons. The molecular formula is C24H19NO5. The van der Waals surface area contributed by atoms with E-state index in [1.54, 1.807) is 36.4 Å². The third-order valence-corrected chi connectivity index (χ3v) is 4.68. The quantitative estimate of drug-likeness (QED) is 0.587. The van der Waals surface area contributed by atoms with E-state index in [1.165, 1.54) is 12.1 Å². The predicted octanol–water partition coefficient (Wildman–Crippen LogP) is 3.87. The molecule has 0 aliphatic carbocycles. The van der Waals surface area contributed by atoms with Gasteiger partial charge in [0, 0.05) is 0 Å². The number of benzene rings is 3. The van der Waals surface area contributed by atoms with E-state index in [1.807, 2.05) is 31.2 Å². The number of hydroxylamine groups is 2. The highest BCUT2D eigenvalue weighted by molar-refractivity contribution is 6.20. The van der Waals surface area contributed by atoms with Crippen molar-refractivity contribution in [3.63, 3.8) is 0 Å². The van der Waals surface area contributed by atoms with Crippen LogP contribution in [0.4, 0.5) is 0 Å². The van der Waals surface area contributed by atoms with Gasteiger partial charge in [0.25, 0.3) is 11.8 Å². The summed E-state index contributed by atoms with van der Waals surface area (Å²) < 4.78 is 5.81. The zero-order valence-corrected chi connectivity index (χ0v) is 16.3. The van der Waals surface area contributed by atoms with Gasteiger partial charge in [0.1, 0.15) is 12.4 Å². The predicted molar refractivity (Wildman–Crippen MR) is 109 cm³/mol. The Morgan fingerprint density at radius 3 is 2.20 bits per heavy atom. The Labute approximate surface area is 173 Å². The SMILES string of the molecule is Cc1cccc(COc2cccc(CC(=O)ON3C(=O)c4ccccc4C3=O)c2)c1. The van der Waals surface area contributed by atoms with Crippen molar-refractivity contribution in [2.75, 3.05) is 0 Å². The van der Waals surface area contributed by atoms with Crippen LogP contribution in [0.1, 0.15) is 37.4 Å². The van der Waals surface area contributed by atoms with Crippen LogP contribution in [0.5, 0.6) is 5.75 Å². The first-order chi connectivity index (χ1) is 14.5. The Balaban J connectivity index is 1.38. The van der Waals surface area contributed by atoms with Crippen LogP contribution in [-0.4, -0.2) is 22.8 Å². The number of hydrogen-bond donors (Lipinski definition) is 0. The molecule has 0 saturated carbocycles. The molecule has 3 aromatic rings. The van der Waals surface area contributed by atoms with Crippen molar-refractivity contribution in [3.8, 4) is 5.75 Å². The number of carbonyl (C=O) groups excluding carboxylic acids is 3. The molecule has 0 aromatic heterocycles. The maximum atomic E-state index is 12.3. The van der Waals surface area contributed by atoms with Gasteiger partial charge < -0.3 is 9.57 Å². The lowest BCUT2D eigenvalue weighted by molar-refractivity contribution is -0.167. The number of rotatable bonds is 6. The van der Waals surface area contributed by atoms with Crippen molar-refractivity contribution in [2.45, 2.75) is 20.0 Å². The third-order valence-electron chi connectivity index (χ3n) is 4.68. The van der Waals surface area contributed by atoms with Gasteiger partial charge in [-0.05, 0) is 42.3 Å². The summed E-state index contributed by atoms with van der Waals surface area (Å²) in [7, 11) is 0. The highest BCUT2D eigenvalue weighted by Crippen LogP contribution is 2.23. The number of nitrogens with zero attached hydrogens (tertiary/aromatic N) is 1. The summed E-state index contributed by atoms with van der Waals surface area (Å²) in [6.07, 6.45) is -0.102. The fourth-order valence-electron chi connectivity index (χ4n) is 3.26. The first-order valence-electron chi connectivity index (χ1n) is 9.47. The van der Waals surface area contributed by atoms with Crippen molar-refractivity contribution in [2.24, 2.45) is 0 Å². The Morgan fingerprint density at radius 1 is 0.833 bits per heavy atom. The number of aryl methyl sites for hydroxylation is 1. The normalized spacial score (nSPS) is 12.6. The molecule has 0 radical (unpaired) electrons. The third kappa shape index (κ3) is 4.07. The fraction of sp³-hybridized carbons (Fsp3) is 0.125. The van der Waals surface area contributed by atoms with Gasteiger partial charge in [-0.3, -0.25) is 9.59 Å². The van der Waals surface area contributed by atoms with E-state index in [0.717, 1.165) is 11.1 Å². The van der Waals surface area contributed by atoms with Crippen LogP contribution in [0.25, 0.3) is 0 Å². The van der Waals surface area contributed by atoms with E-state index >= 15 is 0 Å². The first-order valence-corrected chi connectivity index (χ1v) is 9.47. The molecule has 0 unspecified atom stereocenters. The van der Waals surface area contributed by atoms with Gasteiger partial charge in [-0.15, -0.1) is 0 Å². The molecule has 6 heteroatoms. The molecule has 0 spiro atoms. The summed E-state index contributed by atoms with van der Waals surface area (Å²) >= 11 is 0. The molecule has 0 atom stereocenters. The van der Waals surface area contributed by atoms with Crippen LogP contribution in [0.3, 0.4) is 0 Å². The molecule has 0 fully saturated rings. The average molecular weight is 401 g/mol. The lowest BCUT2D eigenvalue weighted by Crippen LogP contribution is -2.33. The van der Waals surface area contributed by atoms with Crippen molar-refractivity contribution in [3.05, 3.63) is 101 Å². The number of ether oxygens (including phenoxy) is 1. The van der Waals surface area contributed by atoms with Crippen LogP contribution in [0.2, 0.25) is 0 Å². The van der Waals surface area contributed by atoms with Gasteiger partial charge >= 0.3 is 5.97 Å². The lowest BCUT2D eigenvalue weighted by Gasteiger charge is -2.13. The van der Waals surface area contributed by atoms with Crippen molar-refractivity contribution in [1.29, 1.82) is 0 Å². The number of fused-ring (bicyclic) bond motifs is 1. The zero-order chi connectivity index (χ0) is 21.1. The van der Waals surface area contributed by atoms with Crippen LogP contribution in [0, 0.1) is 6.92 Å². The molecule has 30 heavy (non-hydrogen) atoms. The van der Waals surface area contributed by atoms with E-state index in [2.05, 4.69) is 0 Å². The monoisotopic (exact) mass is 401 g/mol. The second kappa shape index (κ2) is 8.21. The molecule has 3 aromatic carbocycles. The minimum atomic E-state index is -0.708. The Hall–Kier alpha value is -3.93. The Kier molecular flexibility index (Phi) is 5.30. The Morgan fingerprint density at radius 2 is 1.50 bits per heavy atom. The average Bonchev–Trinajstić information content (AvgIpc) is 2.98. The van der Waals surface area contributed by atoms with E-state index in [9.17, 15) is 14.4 Å². The molecule has 1 heterocycles. The second-order valence-corrected chi connectivity index (χ2v) is 7.02. The van der Waals surface area contributed by atoms with Crippen LogP contribution >= 0.6 is 0 Å². The second-order valence-electron chi connectivity index (χ2n) is 7.02. The van der Waals surface area contributed by atoms with E-state index in [4.69, 9.17) is 9.57 Å². The van der Waals surface area contributed by atoms with Crippen LogP contribution < -0.4 is 4.74 Å². The number of imide groups is 1. The van der Waals surface area contributed by atoms with Gasteiger partial charge in [0.2, 0.25) is 0 Å². The zero-order valence-electron chi connectivity index (χ0n) is 16.3. The van der Waals surface area contributed by atoms with Crippen LogP contribution in [0.15, 0.2) is 72.8 Å². The van der Waals surface area contributed by atoms with Gasteiger partial charge in [0.05, 0.1) is 17.5 Å². The molecule has 0 bridgehead atoms. The van der Waals surface area contributed by atoms with Gasteiger partial charge in [-0.1, -0.05) is 59.2 Å². The number of hydrogen-bond acceptors (Lipinski definition) is 5. The Bertz CT molecular complexity index is 1100. The largest absolute Gasteiger partial charge is 0.489 e. The molecule has 1 aliphatic rings. The maximum Gasteiger partial charge on any atom is 0.337 e. The summed E-state index contributed by atoms with van der Waals surface area (Å²) in [6, 6.07) is 21.4. The van der Waals surface area contributed by atoms with Gasteiger partial charge in [0.15, 0.2) is 0 Å². The highest BCUT2D eigenvalue weighted by atomic mass is 16.7. The summed E-state index contributed by atoms with van der Waals surface area (Å²) in [4.78, 5) is 42.0. The fourth-order valence-corrected chi connectivity index (χ4v) is 3.26. The summed E-state index contributed by atoms with van der Waals surface area (Å²) in [6.45, 7) is 2.43. The van der Waals surface area contributed by atoms with Crippen molar-refractivity contribution >= 4 is 17.8 Å². The maximum absolute atomic E-state index is 12.3. The summed E-state index contributed by atoms with van der Waals surface area (Å²) in [5.74, 6) is -1.37. The molecule has 2 amide bonds. The highest BCUT2D eigenvalue weighted by Gasteiger charge is 2.38. The van der Waals surface area contributed by atoms with Gasteiger partial charge in [-0.25, -0.2) is 4.79 Å². The molecule has 6 nitrogen and oxygen atoms in total. The topological polar surface area (TPSA) is 72.9 Å². The lowest BCUT2D eigenvalue weighted by atomic mass is 10.1. The summed E-state index contributed by atoms with van der Waals surface area (Å²) in [5, 5.41) is 0.519. The van der Waals surface area contributed by atoms with E-state index in [-0.39, 0.29) is 17.5 Å². The minimum Gasteiger partial charge on any atom is -0.489 e. The number of amides is 2. The molecule has 4 rings (SSSR count). The van der Waals surface area contributed by atoms with E-state index < -0.39 is 17.8 Å². The molecule has 1 aliphatic heterocycles. The van der Waals surface area contributed by atoms with Gasteiger partial charge in [-0.2, -0.15) is 0 Å². The molecular weight excluding hydrogens is 382 g/mol. The van der Waals surface area contributed by atoms with E-state index in [0.29, 0.717) is 23.0 Å². The van der Waals surface area contributed by atoms with Crippen molar-refractivity contribution < 1.29 is 24.0 Å². The van der Waals surface area contributed by atoms with Crippen LogP contribution in [-0.2, 0) is 22.7 Å². The number of carbonyl (C=O) groups is 3. The standard InChI is InChI=1S/C24H19NO5/c1-16-6-4-8-18(12-16)15-29-19-9-5-7-17(13-19)14-22(26)30-25-23(27)20-10-2-3-11-21(20)24(25)28/h2-13H,14-15H2,1H3. The van der Waals surface area contributed by atoms with Crippen molar-refractivity contribution in [1.82, 2.24) is 5.06 Å². The summed E-state index contributed by atoms with van der Waals surface area (Å²) in [5.41, 5.74) is 3.30. The smallest absolute Gasteiger partial charge is 0.337 e. The first kappa shape index (κ1) is 19.4. The molecule has 0 saturated heterocycles. The minimum absolute atomic E-state index is 0.102. The molecule has 0 N–H and O–H groups in total.